The Morgan fingerprint density at radius 1 is 0.724 bits per heavy atom. The molecule has 2 heterocycles. The van der Waals surface area contributed by atoms with Crippen molar-refractivity contribution in [3.05, 3.63) is 90.6 Å². The second-order valence-corrected chi connectivity index (χ2v) is 8.46. The van der Waals surface area contributed by atoms with Crippen LogP contribution in [0.1, 0.15) is 26.3 Å². The fourth-order valence-electron chi connectivity index (χ4n) is 3.83. The molecule has 0 fully saturated rings. The molecular formula is C26H23N3. The summed E-state index contributed by atoms with van der Waals surface area (Å²) in [6.07, 6.45) is 1.95. The first-order valence-electron chi connectivity index (χ1n) is 9.95. The third-order valence-corrected chi connectivity index (χ3v) is 5.44. The van der Waals surface area contributed by atoms with Crippen LogP contribution >= 0.6 is 0 Å². The number of aromatic nitrogens is 3. The van der Waals surface area contributed by atoms with Gasteiger partial charge in [0.15, 0.2) is 0 Å². The summed E-state index contributed by atoms with van der Waals surface area (Å²) >= 11 is 0. The third-order valence-electron chi connectivity index (χ3n) is 5.44. The predicted molar refractivity (Wildman–Crippen MR) is 121 cm³/mol. The quantitative estimate of drug-likeness (QED) is 0.350. The van der Waals surface area contributed by atoms with Gasteiger partial charge in [-0.3, -0.25) is 4.98 Å². The lowest BCUT2D eigenvalue weighted by Gasteiger charge is -2.19. The monoisotopic (exact) mass is 377 g/mol. The molecular weight excluding hydrogens is 354 g/mol. The molecule has 0 saturated carbocycles. The van der Waals surface area contributed by atoms with E-state index < -0.39 is 0 Å². The van der Waals surface area contributed by atoms with Gasteiger partial charge in [-0.15, -0.1) is 0 Å². The van der Waals surface area contributed by atoms with E-state index in [9.17, 15) is 0 Å². The minimum absolute atomic E-state index is 0.122. The highest BCUT2D eigenvalue weighted by Crippen LogP contribution is 2.34. The Bertz CT molecular complexity index is 1310. The number of rotatable bonds is 2. The van der Waals surface area contributed by atoms with E-state index in [-0.39, 0.29) is 5.41 Å². The molecule has 2 aromatic heterocycles. The van der Waals surface area contributed by atoms with Crippen molar-refractivity contribution in [1.29, 1.82) is 0 Å². The SMILES string of the molecule is CC(C)(C)c1ccc(-n2nc(-c3ccccc3)c3cnc4ccccc4c32)cc1. The number of nitrogens with zero attached hydrogens (tertiary/aromatic N) is 3. The molecule has 0 radical (unpaired) electrons. The zero-order chi connectivity index (χ0) is 20.0. The molecule has 5 rings (SSSR count). The average molecular weight is 377 g/mol. The van der Waals surface area contributed by atoms with E-state index in [1.807, 2.05) is 30.5 Å². The lowest BCUT2D eigenvalue weighted by molar-refractivity contribution is 0.590. The number of hydrogen-bond donors (Lipinski definition) is 0. The summed E-state index contributed by atoms with van der Waals surface area (Å²) in [7, 11) is 0. The summed E-state index contributed by atoms with van der Waals surface area (Å²) in [5, 5.41) is 7.22. The topological polar surface area (TPSA) is 30.7 Å². The Morgan fingerprint density at radius 3 is 2.14 bits per heavy atom. The van der Waals surface area contributed by atoms with Crippen molar-refractivity contribution in [2.24, 2.45) is 0 Å². The van der Waals surface area contributed by atoms with Gasteiger partial charge in [-0.2, -0.15) is 5.10 Å². The maximum Gasteiger partial charge on any atom is 0.102 e. The van der Waals surface area contributed by atoms with E-state index in [4.69, 9.17) is 10.1 Å². The molecule has 3 aromatic carbocycles. The molecule has 0 unspecified atom stereocenters. The number of fused-ring (bicyclic) bond motifs is 3. The van der Waals surface area contributed by atoms with E-state index in [0.717, 1.165) is 38.8 Å². The summed E-state index contributed by atoms with van der Waals surface area (Å²) in [5.41, 5.74) is 6.62. The van der Waals surface area contributed by atoms with Gasteiger partial charge in [0, 0.05) is 22.5 Å². The maximum absolute atomic E-state index is 5.05. The first-order valence-corrected chi connectivity index (χ1v) is 9.95. The van der Waals surface area contributed by atoms with Crippen LogP contribution in [0.25, 0.3) is 38.8 Å². The summed E-state index contributed by atoms with van der Waals surface area (Å²) < 4.78 is 2.06. The molecule has 0 N–H and O–H groups in total. The third kappa shape index (κ3) is 2.99. The number of benzene rings is 3. The van der Waals surface area contributed by atoms with Crippen molar-refractivity contribution >= 4 is 21.8 Å². The van der Waals surface area contributed by atoms with Crippen LogP contribution in [0.4, 0.5) is 0 Å². The van der Waals surface area contributed by atoms with Crippen LogP contribution in [0.3, 0.4) is 0 Å². The van der Waals surface area contributed by atoms with Gasteiger partial charge >= 0.3 is 0 Å². The van der Waals surface area contributed by atoms with Gasteiger partial charge < -0.3 is 0 Å². The number of hydrogen-bond acceptors (Lipinski definition) is 2. The largest absolute Gasteiger partial charge is 0.255 e. The highest BCUT2D eigenvalue weighted by atomic mass is 15.3. The summed E-state index contributed by atoms with van der Waals surface area (Å²) in [6.45, 7) is 6.70. The van der Waals surface area contributed by atoms with Crippen molar-refractivity contribution < 1.29 is 0 Å². The molecule has 0 amide bonds. The molecule has 3 nitrogen and oxygen atoms in total. The second-order valence-electron chi connectivity index (χ2n) is 8.46. The summed E-state index contributed by atoms with van der Waals surface area (Å²) in [6, 6.07) is 27.3. The molecule has 142 valence electrons. The van der Waals surface area contributed by atoms with E-state index >= 15 is 0 Å². The second kappa shape index (κ2) is 6.56. The van der Waals surface area contributed by atoms with Gasteiger partial charge in [-0.05, 0) is 29.2 Å². The van der Waals surface area contributed by atoms with E-state index in [0.29, 0.717) is 0 Å². The molecule has 0 spiro atoms. The Kier molecular flexibility index (Phi) is 3.99. The van der Waals surface area contributed by atoms with Crippen LogP contribution < -0.4 is 0 Å². The molecule has 5 aromatic rings. The lowest BCUT2D eigenvalue weighted by atomic mass is 9.87. The van der Waals surface area contributed by atoms with E-state index in [1.165, 1.54) is 5.56 Å². The Labute approximate surface area is 170 Å². The molecule has 0 aliphatic carbocycles. The molecule has 0 aliphatic heterocycles. The van der Waals surface area contributed by atoms with Crippen molar-refractivity contribution in [2.45, 2.75) is 26.2 Å². The van der Waals surface area contributed by atoms with Gasteiger partial charge in [-0.25, -0.2) is 4.68 Å². The van der Waals surface area contributed by atoms with Gasteiger partial charge in [-0.1, -0.05) is 81.4 Å². The summed E-state index contributed by atoms with van der Waals surface area (Å²) in [5.74, 6) is 0. The van der Waals surface area contributed by atoms with E-state index in [2.05, 4.69) is 80.1 Å². The molecule has 29 heavy (non-hydrogen) atoms. The van der Waals surface area contributed by atoms with Crippen molar-refractivity contribution in [3.63, 3.8) is 0 Å². The first kappa shape index (κ1) is 17.6. The zero-order valence-electron chi connectivity index (χ0n) is 16.9. The average Bonchev–Trinajstić information content (AvgIpc) is 3.14. The van der Waals surface area contributed by atoms with Crippen LogP contribution in [-0.4, -0.2) is 14.8 Å². The number of pyridine rings is 1. The maximum atomic E-state index is 5.05. The molecule has 0 saturated heterocycles. The Balaban J connectivity index is 1.81. The van der Waals surface area contributed by atoms with E-state index in [1.54, 1.807) is 0 Å². The van der Waals surface area contributed by atoms with Crippen molar-refractivity contribution in [3.8, 4) is 16.9 Å². The van der Waals surface area contributed by atoms with Crippen LogP contribution in [0, 0.1) is 0 Å². The standard InChI is InChI=1S/C26H23N3/c1-26(2,3)19-13-15-20(16-14-19)29-25-21-11-7-8-12-23(21)27-17-22(25)24(28-29)18-9-5-4-6-10-18/h4-17H,1-3H3. The summed E-state index contributed by atoms with van der Waals surface area (Å²) in [4.78, 5) is 4.70. The van der Waals surface area contributed by atoms with Crippen LogP contribution in [0.5, 0.6) is 0 Å². The predicted octanol–water partition coefficient (Wildman–Crippen LogP) is 6.54. The Morgan fingerprint density at radius 2 is 1.41 bits per heavy atom. The lowest BCUT2D eigenvalue weighted by Crippen LogP contribution is -2.11. The fourth-order valence-corrected chi connectivity index (χ4v) is 3.83. The van der Waals surface area contributed by atoms with Crippen molar-refractivity contribution in [1.82, 2.24) is 14.8 Å². The minimum atomic E-state index is 0.122. The van der Waals surface area contributed by atoms with Crippen molar-refractivity contribution in [2.75, 3.05) is 0 Å². The normalized spacial score (nSPS) is 12.0. The van der Waals surface area contributed by atoms with Gasteiger partial charge in [0.05, 0.1) is 16.7 Å². The van der Waals surface area contributed by atoms with Crippen LogP contribution in [0.15, 0.2) is 85.1 Å². The highest BCUT2D eigenvalue weighted by molar-refractivity contribution is 6.08. The zero-order valence-corrected chi connectivity index (χ0v) is 16.9. The first-order chi connectivity index (χ1) is 14.0. The molecule has 0 atom stereocenters. The molecule has 0 bridgehead atoms. The van der Waals surface area contributed by atoms with Gasteiger partial charge in [0.2, 0.25) is 0 Å². The number of para-hydroxylation sites is 1. The van der Waals surface area contributed by atoms with Crippen LogP contribution in [-0.2, 0) is 5.41 Å². The minimum Gasteiger partial charge on any atom is -0.255 e. The highest BCUT2D eigenvalue weighted by Gasteiger charge is 2.18. The fraction of sp³-hybridized carbons (Fsp3) is 0.154. The smallest absolute Gasteiger partial charge is 0.102 e. The Hall–Kier alpha value is -3.46. The van der Waals surface area contributed by atoms with Crippen LogP contribution in [0.2, 0.25) is 0 Å². The van der Waals surface area contributed by atoms with Gasteiger partial charge in [0.1, 0.15) is 5.69 Å². The molecule has 0 aliphatic rings. The van der Waals surface area contributed by atoms with Gasteiger partial charge in [0.25, 0.3) is 0 Å². The molecule has 3 heteroatoms.